The van der Waals surface area contributed by atoms with Crippen molar-refractivity contribution in [3.8, 4) is 11.8 Å². The summed E-state index contributed by atoms with van der Waals surface area (Å²) in [5, 5.41) is 9.74. The minimum atomic E-state index is -0.104. The Kier molecular flexibility index (Phi) is 6.92. The predicted octanol–water partition coefficient (Wildman–Crippen LogP) is 4.39. The Morgan fingerprint density at radius 1 is 0.848 bits per heavy atom. The van der Waals surface area contributed by atoms with Crippen LogP contribution in [0.3, 0.4) is 0 Å². The molecule has 2 amide bonds. The van der Waals surface area contributed by atoms with Gasteiger partial charge in [-0.2, -0.15) is 5.26 Å². The second-order valence-corrected chi connectivity index (χ2v) is 8.12. The molecule has 0 radical (unpaired) electrons. The van der Waals surface area contributed by atoms with Crippen molar-refractivity contribution in [2.24, 2.45) is 0 Å². The lowest BCUT2D eigenvalue weighted by Crippen LogP contribution is -2.50. The molecule has 1 saturated heterocycles. The minimum Gasteiger partial charge on any atom is -0.489 e. The molecule has 0 unspecified atom stereocenters. The molecule has 6 nitrogen and oxygen atoms in total. The van der Waals surface area contributed by atoms with Crippen LogP contribution in [-0.4, -0.2) is 47.8 Å². The van der Waals surface area contributed by atoms with Crippen LogP contribution in [0, 0.1) is 11.3 Å². The highest BCUT2D eigenvalue weighted by Gasteiger charge is 2.25. The van der Waals surface area contributed by atoms with Gasteiger partial charge in [0.2, 0.25) is 0 Å². The number of carbonyl (C=O) groups is 2. The molecule has 0 bridgehead atoms. The van der Waals surface area contributed by atoms with Crippen molar-refractivity contribution in [2.75, 3.05) is 26.2 Å². The molecule has 1 fully saturated rings. The average Bonchev–Trinajstić information content (AvgIpc) is 2.87. The molecule has 0 atom stereocenters. The molecule has 0 saturated carbocycles. The van der Waals surface area contributed by atoms with Crippen molar-refractivity contribution in [3.05, 3.63) is 100 Å². The number of piperazine rings is 1. The van der Waals surface area contributed by atoms with Crippen molar-refractivity contribution in [1.29, 1.82) is 5.26 Å². The van der Waals surface area contributed by atoms with Crippen LogP contribution in [0.15, 0.2) is 72.8 Å². The summed E-state index contributed by atoms with van der Waals surface area (Å²) in [7, 11) is 0. The van der Waals surface area contributed by atoms with Gasteiger partial charge >= 0.3 is 0 Å². The summed E-state index contributed by atoms with van der Waals surface area (Å²) in [6, 6.07) is 23.3. The Hall–Kier alpha value is -3.82. The Labute approximate surface area is 197 Å². The van der Waals surface area contributed by atoms with Crippen LogP contribution in [0.2, 0.25) is 5.02 Å². The average molecular weight is 460 g/mol. The van der Waals surface area contributed by atoms with Crippen molar-refractivity contribution in [2.45, 2.75) is 6.61 Å². The molecule has 0 spiro atoms. The summed E-state index contributed by atoms with van der Waals surface area (Å²) in [6.07, 6.45) is 0. The van der Waals surface area contributed by atoms with Gasteiger partial charge in [-0.1, -0.05) is 41.9 Å². The number of benzene rings is 3. The van der Waals surface area contributed by atoms with E-state index in [2.05, 4.69) is 6.07 Å². The zero-order valence-corrected chi connectivity index (χ0v) is 18.7. The molecule has 0 aromatic heterocycles. The summed E-state index contributed by atoms with van der Waals surface area (Å²) < 4.78 is 5.83. The van der Waals surface area contributed by atoms with E-state index < -0.39 is 0 Å². The molecule has 0 N–H and O–H groups in total. The lowest BCUT2D eigenvalue weighted by Gasteiger charge is -2.35. The van der Waals surface area contributed by atoms with Crippen molar-refractivity contribution in [3.63, 3.8) is 0 Å². The SMILES string of the molecule is N#Cc1ccccc1COc1cccc(C(=O)N2CCN(C(=O)c3cccc(Cl)c3)CC2)c1. The number of hydrogen-bond donors (Lipinski definition) is 0. The van der Waals surface area contributed by atoms with E-state index in [4.69, 9.17) is 16.3 Å². The van der Waals surface area contributed by atoms with Gasteiger partial charge in [-0.25, -0.2) is 0 Å². The van der Waals surface area contributed by atoms with Crippen LogP contribution in [0.1, 0.15) is 31.8 Å². The van der Waals surface area contributed by atoms with Crippen LogP contribution >= 0.6 is 11.6 Å². The fourth-order valence-electron chi connectivity index (χ4n) is 3.73. The molecule has 3 aromatic carbocycles. The van der Waals surface area contributed by atoms with Crippen molar-refractivity contribution >= 4 is 23.4 Å². The van der Waals surface area contributed by atoms with Gasteiger partial charge in [0.25, 0.3) is 11.8 Å². The number of halogens is 1. The third-order valence-electron chi connectivity index (χ3n) is 5.54. The Bertz CT molecular complexity index is 1210. The highest BCUT2D eigenvalue weighted by Crippen LogP contribution is 2.19. The largest absolute Gasteiger partial charge is 0.489 e. The Balaban J connectivity index is 1.36. The van der Waals surface area contributed by atoms with Crippen LogP contribution in [0.25, 0.3) is 0 Å². The van der Waals surface area contributed by atoms with Crippen LogP contribution in [0.5, 0.6) is 5.75 Å². The van der Waals surface area contributed by atoms with E-state index in [9.17, 15) is 14.9 Å². The molecule has 3 aromatic rings. The van der Waals surface area contributed by atoms with Gasteiger partial charge in [0.05, 0.1) is 11.6 Å². The second kappa shape index (κ2) is 10.2. The molecule has 166 valence electrons. The van der Waals surface area contributed by atoms with Crippen LogP contribution in [0.4, 0.5) is 0 Å². The van der Waals surface area contributed by atoms with Gasteiger partial charge in [0.15, 0.2) is 0 Å². The fraction of sp³-hybridized carbons (Fsp3) is 0.192. The number of carbonyl (C=O) groups excluding carboxylic acids is 2. The monoisotopic (exact) mass is 459 g/mol. The molecule has 4 rings (SSSR count). The van der Waals surface area contributed by atoms with Crippen molar-refractivity contribution < 1.29 is 14.3 Å². The minimum absolute atomic E-state index is 0.0855. The van der Waals surface area contributed by atoms with Gasteiger partial charge < -0.3 is 14.5 Å². The zero-order chi connectivity index (χ0) is 23.2. The molecule has 1 aliphatic rings. The van der Waals surface area contributed by atoms with E-state index >= 15 is 0 Å². The summed E-state index contributed by atoms with van der Waals surface area (Å²) in [6.45, 7) is 2.06. The molecule has 1 heterocycles. The first-order valence-electron chi connectivity index (χ1n) is 10.6. The van der Waals surface area contributed by atoms with Gasteiger partial charge in [-0.05, 0) is 42.5 Å². The van der Waals surface area contributed by atoms with E-state index in [0.29, 0.717) is 53.6 Å². The number of ether oxygens (including phenoxy) is 1. The fourth-order valence-corrected chi connectivity index (χ4v) is 3.92. The maximum atomic E-state index is 13.0. The van der Waals surface area contributed by atoms with Crippen LogP contribution in [-0.2, 0) is 6.61 Å². The normalized spacial score (nSPS) is 13.3. The first-order chi connectivity index (χ1) is 16.0. The maximum absolute atomic E-state index is 13.0. The number of nitriles is 1. The molecule has 1 aliphatic heterocycles. The molecule has 33 heavy (non-hydrogen) atoms. The number of nitrogens with zero attached hydrogens (tertiary/aromatic N) is 3. The molecular weight excluding hydrogens is 438 g/mol. The van der Waals surface area contributed by atoms with Gasteiger partial charge in [0.1, 0.15) is 12.4 Å². The number of amides is 2. The molecule has 0 aliphatic carbocycles. The number of hydrogen-bond acceptors (Lipinski definition) is 4. The first-order valence-corrected chi connectivity index (χ1v) is 11.0. The summed E-state index contributed by atoms with van der Waals surface area (Å²) in [5.74, 6) is 0.369. The van der Waals surface area contributed by atoms with Crippen molar-refractivity contribution in [1.82, 2.24) is 9.80 Å². The highest BCUT2D eigenvalue weighted by molar-refractivity contribution is 6.30. The van der Waals surface area contributed by atoms with E-state index in [1.165, 1.54) is 0 Å². The predicted molar refractivity (Wildman–Crippen MR) is 125 cm³/mol. The van der Waals surface area contributed by atoms with Crippen LogP contribution < -0.4 is 4.74 Å². The summed E-state index contributed by atoms with van der Waals surface area (Å²) in [5.41, 5.74) is 2.42. The lowest BCUT2D eigenvalue weighted by atomic mass is 10.1. The van der Waals surface area contributed by atoms with Gasteiger partial charge in [0, 0.05) is 47.9 Å². The second-order valence-electron chi connectivity index (χ2n) is 7.68. The van der Waals surface area contributed by atoms with E-state index in [1.807, 2.05) is 18.2 Å². The van der Waals surface area contributed by atoms with E-state index in [-0.39, 0.29) is 18.4 Å². The first kappa shape index (κ1) is 22.4. The molecule has 7 heteroatoms. The van der Waals surface area contributed by atoms with Gasteiger partial charge in [-0.3, -0.25) is 9.59 Å². The summed E-state index contributed by atoms with van der Waals surface area (Å²) >= 11 is 6.00. The maximum Gasteiger partial charge on any atom is 0.254 e. The topological polar surface area (TPSA) is 73.6 Å². The quantitative estimate of drug-likeness (QED) is 0.567. The van der Waals surface area contributed by atoms with E-state index in [0.717, 1.165) is 5.56 Å². The third kappa shape index (κ3) is 5.33. The third-order valence-corrected chi connectivity index (χ3v) is 5.77. The Morgan fingerprint density at radius 2 is 1.45 bits per heavy atom. The molecular formula is C26H22ClN3O3. The smallest absolute Gasteiger partial charge is 0.254 e. The van der Waals surface area contributed by atoms with Gasteiger partial charge in [-0.15, -0.1) is 0 Å². The Morgan fingerprint density at radius 3 is 2.09 bits per heavy atom. The lowest BCUT2D eigenvalue weighted by molar-refractivity contribution is 0.0535. The standard InChI is InChI=1S/C26H22ClN3O3/c27-23-9-3-7-19(15-23)25(31)29-11-13-30(14-12-29)26(32)20-8-4-10-24(16-20)33-18-22-6-2-1-5-21(22)17-28/h1-10,15-16H,11-14,18H2. The highest BCUT2D eigenvalue weighted by atomic mass is 35.5. The summed E-state index contributed by atoms with van der Waals surface area (Å²) in [4.78, 5) is 29.2. The number of rotatable bonds is 5. The zero-order valence-electron chi connectivity index (χ0n) is 17.9. The van der Waals surface area contributed by atoms with E-state index in [1.54, 1.807) is 64.4 Å².